The summed E-state index contributed by atoms with van der Waals surface area (Å²) in [7, 11) is -3.96. The van der Waals surface area contributed by atoms with Crippen molar-refractivity contribution in [2.75, 3.05) is 24.5 Å². The first-order valence-electron chi connectivity index (χ1n) is 10.9. The molecule has 0 spiro atoms. The van der Waals surface area contributed by atoms with E-state index in [-0.39, 0.29) is 45.5 Å². The first kappa shape index (κ1) is 25.0. The van der Waals surface area contributed by atoms with Crippen LogP contribution in [0.2, 0.25) is 5.02 Å². The van der Waals surface area contributed by atoms with E-state index < -0.39 is 27.5 Å². The molecule has 0 radical (unpaired) electrons. The van der Waals surface area contributed by atoms with E-state index in [1.54, 1.807) is 24.0 Å². The van der Waals surface area contributed by atoms with Crippen LogP contribution in [0.1, 0.15) is 35.3 Å². The van der Waals surface area contributed by atoms with Crippen molar-refractivity contribution in [3.63, 3.8) is 0 Å². The van der Waals surface area contributed by atoms with Gasteiger partial charge in [0.25, 0.3) is 5.91 Å². The van der Waals surface area contributed by atoms with Crippen LogP contribution >= 0.6 is 11.6 Å². The third-order valence-corrected chi connectivity index (χ3v) is 7.95. The van der Waals surface area contributed by atoms with Gasteiger partial charge in [-0.1, -0.05) is 11.6 Å². The Balaban J connectivity index is 1.75. The van der Waals surface area contributed by atoms with Crippen molar-refractivity contribution in [1.29, 1.82) is 0 Å². The van der Waals surface area contributed by atoms with Gasteiger partial charge in [-0.2, -0.15) is 4.99 Å². The van der Waals surface area contributed by atoms with E-state index >= 15 is 0 Å². The predicted octanol–water partition coefficient (Wildman–Crippen LogP) is 2.20. The van der Waals surface area contributed by atoms with Crippen molar-refractivity contribution < 1.29 is 22.7 Å². The summed E-state index contributed by atoms with van der Waals surface area (Å²) >= 11 is 6.55. The van der Waals surface area contributed by atoms with E-state index in [4.69, 9.17) is 27.8 Å². The lowest BCUT2D eigenvalue weighted by Gasteiger charge is -2.36. The van der Waals surface area contributed by atoms with Crippen LogP contribution < -0.4 is 21.1 Å². The molecule has 0 aliphatic carbocycles. The lowest BCUT2D eigenvalue weighted by molar-refractivity contribution is -0.121. The maximum absolute atomic E-state index is 13.4. The Morgan fingerprint density at radius 2 is 1.86 bits per heavy atom. The summed E-state index contributed by atoms with van der Waals surface area (Å²) in [6.45, 7) is 7.07. The highest BCUT2D eigenvalue weighted by Crippen LogP contribution is 2.45. The molecule has 186 valence electrons. The topological polar surface area (TPSA) is 148 Å². The Bertz CT molecular complexity index is 1370. The number of hydrogen-bond donors (Lipinski definition) is 2. The number of hydrogen-bond acceptors (Lipinski definition) is 6. The van der Waals surface area contributed by atoms with E-state index in [1.807, 2.05) is 13.8 Å². The van der Waals surface area contributed by atoms with Gasteiger partial charge in [-0.05, 0) is 50.6 Å². The summed E-state index contributed by atoms with van der Waals surface area (Å²) in [6.07, 6.45) is 0. The second kappa shape index (κ2) is 9.14. The van der Waals surface area contributed by atoms with Crippen molar-refractivity contribution in [3.8, 4) is 11.5 Å². The quantitative estimate of drug-likeness (QED) is 0.463. The molecule has 0 atom stereocenters. The summed E-state index contributed by atoms with van der Waals surface area (Å²) in [6, 6.07) is 6.10. The number of guanidine groups is 1. The van der Waals surface area contributed by atoms with Crippen LogP contribution in [0.5, 0.6) is 11.5 Å². The highest BCUT2D eigenvalue weighted by molar-refractivity contribution is 7.90. The fourth-order valence-corrected chi connectivity index (χ4v) is 6.05. The Kier molecular flexibility index (Phi) is 6.52. The van der Waals surface area contributed by atoms with Crippen LogP contribution in [-0.4, -0.2) is 56.8 Å². The largest absolute Gasteiger partial charge is 0.454 e. The molecule has 2 aliphatic heterocycles. The zero-order valence-electron chi connectivity index (χ0n) is 19.5. The number of anilines is 1. The summed E-state index contributed by atoms with van der Waals surface area (Å²) in [5.41, 5.74) is 11.8. The van der Waals surface area contributed by atoms with Crippen molar-refractivity contribution in [2.24, 2.45) is 16.5 Å². The zero-order chi connectivity index (χ0) is 25.7. The number of rotatable bonds is 3. The van der Waals surface area contributed by atoms with Crippen LogP contribution in [0.3, 0.4) is 0 Å². The minimum absolute atomic E-state index is 0.00758. The second-order valence-electron chi connectivity index (χ2n) is 8.85. The molecule has 4 rings (SSSR count). The van der Waals surface area contributed by atoms with Crippen LogP contribution in [0.25, 0.3) is 0 Å². The number of carbonyl (C=O) groups excluding carboxylic acids is 2. The van der Waals surface area contributed by atoms with Crippen molar-refractivity contribution in [3.05, 3.63) is 46.0 Å². The SMILES string of the molecule is Cc1cc(C(=O)N=C(N)N)cc2c1Oc1c(Cl)cc(N3CCN(C(C)C)CC3=O)cc1CS2(=O)=O. The van der Waals surface area contributed by atoms with E-state index in [0.717, 1.165) is 0 Å². The number of nitrogens with zero attached hydrogens (tertiary/aromatic N) is 3. The average molecular weight is 520 g/mol. The van der Waals surface area contributed by atoms with E-state index in [0.29, 0.717) is 29.9 Å². The van der Waals surface area contributed by atoms with Gasteiger partial charge in [0.05, 0.1) is 17.3 Å². The lowest BCUT2D eigenvalue weighted by atomic mass is 10.1. The molecule has 0 saturated carbocycles. The molecule has 0 bridgehead atoms. The summed E-state index contributed by atoms with van der Waals surface area (Å²) in [5.74, 6) is -1.47. The maximum atomic E-state index is 13.4. The highest BCUT2D eigenvalue weighted by Gasteiger charge is 2.33. The molecule has 35 heavy (non-hydrogen) atoms. The third kappa shape index (κ3) is 4.84. The highest BCUT2D eigenvalue weighted by atomic mass is 35.5. The maximum Gasteiger partial charge on any atom is 0.280 e. The molecular weight excluding hydrogens is 494 g/mol. The number of fused-ring (bicyclic) bond motifs is 2. The van der Waals surface area contributed by atoms with Crippen LogP contribution in [-0.2, 0) is 20.4 Å². The van der Waals surface area contributed by atoms with Crippen LogP contribution in [0, 0.1) is 6.92 Å². The summed E-state index contributed by atoms with van der Waals surface area (Å²) in [4.78, 5) is 32.1. The van der Waals surface area contributed by atoms with Gasteiger partial charge >= 0.3 is 0 Å². The number of amides is 2. The number of piperazine rings is 1. The molecule has 2 aliphatic rings. The van der Waals surface area contributed by atoms with E-state index in [9.17, 15) is 18.0 Å². The molecule has 2 aromatic rings. The number of ether oxygens (including phenoxy) is 1. The predicted molar refractivity (Wildman–Crippen MR) is 133 cm³/mol. The van der Waals surface area contributed by atoms with Gasteiger partial charge in [-0.25, -0.2) is 8.42 Å². The Morgan fingerprint density at radius 3 is 2.49 bits per heavy atom. The Morgan fingerprint density at radius 1 is 1.14 bits per heavy atom. The van der Waals surface area contributed by atoms with Crippen molar-refractivity contribution >= 4 is 44.9 Å². The molecule has 1 fully saturated rings. The number of sulfone groups is 1. The van der Waals surface area contributed by atoms with Gasteiger partial charge in [0.1, 0.15) is 16.4 Å². The smallest absolute Gasteiger partial charge is 0.280 e. The van der Waals surface area contributed by atoms with E-state index in [2.05, 4.69) is 9.89 Å². The van der Waals surface area contributed by atoms with Gasteiger partial charge in [0, 0.05) is 35.9 Å². The molecule has 2 aromatic carbocycles. The van der Waals surface area contributed by atoms with E-state index in [1.165, 1.54) is 12.1 Å². The molecule has 2 heterocycles. The normalized spacial score (nSPS) is 17.3. The van der Waals surface area contributed by atoms with Crippen LogP contribution in [0.15, 0.2) is 34.2 Å². The van der Waals surface area contributed by atoms with Gasteiger partial charge in [0.15, 0.2) is 15.8 Å². The van der Waals surface area contributed by atoms with Gasteiger partial charge in [-0.15, -0.1) is 0 Å². The molecule has 12 heteroatoms. The summed E-state index contributed by atoms with van der Waals surface area (Å²) in [5, 5.41) is 0.180. The molecule has 2 amide bonds. The minimum Gasteiger partial charge on any atom is -0.454 e. The van der Waals surface area contributed by atoms with Crippen LogP contribution in [0.4, 0.5) is 5.69 Å². The standard InChI is InChI=1S/C23H26ClN5O5S/c1-12(2)28-4-5-29(19(30)10-28)16-7-15-11-35(32,33)18-8-14(22(31)27-23(25)26)6-13(3)20(18)34-21(15)17(24)9-16/h6-9,12H,4-5,10-11H2,1-3H3,(H4,25,26,27,31). The molecule has 0 unspecified atom stereocenters. The molecule has 10 nitrogen and oxygen atoms in total. The third-order valence-electron chi connectivity index (χ3n) is 6.00. The summed E-state index contributed by atoms with van der Waals surface area (Å²) < 4.78 is 32.8. The average Bonchev–Trinajstić information content (AvgIpc) is 2.86. The first-order valence-corrected chi connectivity index (χ1v) is 13.0. The van der Waals surface area contributed by atoms with Gasteiger partial charge in [-0.3, -0.25) is 14.5 Å². The van der Waals surface area contributed by atoms with Crippen molar-refractivity contribution in [1.82, 2.24) is 4.90 Å². The number of aryl methyl sites for hydroxylation is 1. The number of aliphatic imine (C=N–C) groups is 1. The number of nitrogens with two attached hydrogens (primary N) is 2. The Hall–Kier alpha value is -3.15. The fourth-order valence-electron chi connectivity index (χ4n) is 4.21. The number of halogens is 1. The molecule has 0 aromatic heterocycles. The first-order chi connectivity index (χ1) is 16.4. The fraction of sp³-hybridized carbons (Fsp3) is 0.348. The van der Waals surface area contributed by atoms with Gasteiger partial charge in [0.2, 0.25) is 5.91 Å². The van der Waals surface area contributed by atoms with Crippen molar-refractivity contribution in [2.45, 2.75) is 37.5 Å². The number of carbonyl (C=O) groups is 2. The molecule has 4 N–H and O–H groups in total. The number of benzene rings is 2. The monoisotopic (exact) mass is 519 g/mol. The lowest BCUT2D eigenvalue weighted by Crippen LogP contribution is -2.52. The Labute approximate surface area is 208 Å². The molecular formula is C23H26ClN5O5S. The van der Waals surface area contributed by atoms with Gasteiger partial charge < -0.3 is 21.1 Å². The zero-order valence-corrected chi connectivity index (χ0v) is 21.1. The molecule has 1 saturated heterocycles. The minimum atomic E-state index is -3.96. The second-order valence-corrected chi connectivity index (χ2v) is 11.2.